The van der Waals surface area contributed by atoms with Crippen molar-refractivity contribution >= 4 is 0 Å². The van der Waals surface area contributed by atoms with Gasteiger partial charge in [-0.15, -0.1) is 0 Å². The van der Waals surface area contributed by atoms with E-state index in [0.717, 1.165) is 56.2 Å². The minimum atomic E-state index is 0.0100. The van der Waals surface area contributed by atoms with Crippen molar-refractivity contribution < 1.29 is 0 Å². The summed E-state index contributed by atoms with van der Waals surface area (Å²) in [7, 11) is 0. The lowest BCUT2D eigenvalue weighted by Gasteiger charge is -2.18. The molecular formula is C42H42N4. The van der Waals surface area contributed by atoms with E-state index in [1.54, 1.807) is 0 Å². The summed E-state index contributed by atoms with van der Waals surface area (Å²) in [5.41, 5.74) is 15.2. The zero-order valence-electron chi connectivity index (χ0n) is 28.2. The van der Waals surface area contributed by atoms with Crippen LogP contribution in [0.5, 0.6) is 0 Å². The summed E-state index contributed by atoms with van der Waals surface area (Å²) in [5.74, 6) is 0. The first kappa shape index (κ1) is 31.0. The Morgan fingerprint density at radius 1 is 0.413 bits per heavy atom. The number of rotatable bonds is 5. The molecule has 0 aliphatic rings. The van der Waals surface area contributed by atoms with E-state index in [-0.39, 0.29) is 10.8 Å². The minimum Gasteiger partial charge on any atom is -0.260 e. The van der Waals surface area contributed by atoms with E-state index in [1.807, 2.05) is 24.8 Å². The highest BCUT2D eigenvalue weighted by atomic mass is 14.7. The van der Waals surface area contributed by atoms with Crippen LogP contribution in [0.2, 0.25) is 0 Å². The van der Waals surface area contributed by atoms with Gasteiger partial charge in [0.1, 0.15) is 0 Å². The molecule has 0 spiro atoms. The van der Waals surface area contributed by atoms with Crippen LogP contribution in [0.1, 0.15) is 64.1 Å². The fourth-order valence-corrected chi connectivity index (χ4v) is 5.89. The number of benzene rings is 2. The molecule has 0 saturated carbocycles. The largest absolute Gasteiger partial charge is 0.260 e. The lowest BCUT2D eigenvalue weighted by atomic mass is 9.87. The van der Waals surface area contributed by atoms with E-state index >= 15 is 0 Å². The monoisotopic (exact) mass is 602 g/mol. The van der Waals surface area contributed by atoms with Crippen LogP contribution in [-0.4, -0.2) is 19.9 Å². The van der Waals surface area contributed by atoms with Gasteiger partial charge in [-0.05, 0) is 72.5 Å². The minimum absolute atomic E-state index is 0.0100. The predicted octanol–water partition coefficient (Wildman–Crippen LogP) is 10.8. The summed E-state index contributed by atoms with van der Waals surface area (Å²) in [6, 6.07) is 30.2. The summed E-state index contributed by atoms with van der Waals surface area (Å²) in [6.45, 7) is 17.4. The Kier molecular flexibility index (Phi) is 8.16. The van der Waals surface area contributed by atoms with Gasteiger partial charge in [-0.3, -0.25) is 19.9 Å². The van der Waals surface area contributed by atoms with E-state index in [1.165, 1.54) is 22.3 Å². The lowest BCUT2D eigenvalue weighted by Crippen LogP contribution is -2.12. The molecule has 0 unspecified atom stereocenters. The van der Waals surface area contributed by atoms with E-state index in [4.69, 9.17) is 19.9 Å². The molecule has 0 saturated heterocycles. The van der Waals surface area contributed by atoms with Gasteiger partial charge in [0.05, 0.1) is 11.4 Å². The molecule has 0 fully saturated rings. The first-order valence-corrected chi connectivity index (χ1v) is 16.0. The Labute approximate surface area is 273 Å². The van der Waals surface area contributed by atoms with E-state index in [2.05, 4.69) is 140 Å². The summed E-state index contributed by atoms with van der Waals surface area (Å²) in [4.78, 5) is 19.2. The second-order valence-corrected chi connectivity index (χ2v) is 14.3. The average molecular weight is 603 g/mol. The van der Waals surface area contributed by atoms with Crippen molar-refractivity contribution in [2.45, 2.75) is 66.2 Å². The average Bonchev–Trinajstić information content (AvgIpc) is 3.03. The van der Waals surface area contributed by atoms with Crippen molar-refractivity contribution in [1.29, 1.82) is 0 Å². The Morgan fingerprint density at radius 3 is 1.17 bits per heavy atom. The molecule has 4 nitrogen and oxygen atoms in total. The molecule has 0 N–H and O–H groups in total. The van der Waals surface area contributed by atoms with Crippen molar-refractivity contribution in [3.63, 3.8) is 0 Å². The fraction of sp³-hybridized carbons (Fsp3) is 0.238. The van der Waals surface area contributed by atoms with Gasteiger partial charge in [0, 0.05) is 69.3 Å². The topological polar surface area (TPSA) is 51.6 Å². The number of aryl methyl sites for hydroxylation is 2. The molecule has 0 radical (unpaired) electrons. The lowest BCUT2D eigenvalue weighted by molar-refractivity contribution is 0.569. The summed E-state index contributed by atoms with van der Waals surface area (Å²) in [6.07, 6.45) is 7.81. The third-order valence-corrected chi connectivity index (χ3v) is 8.38. The molecular weight excluding hydrogens is 560 g/mol. The third-order valence-electron chi connectivity index (χ3n) is 8.38. The van der Waals surface area contributed by atoms with Gasteiger partial charge in [0.25, 0.3) is 0 Å². The van der Waals surface area contributed by atoms with E-state index < -0.39 is 0 Å². The van der Waals surface area contributed by atoms with Gasteiger partial charge < -0.3 is 0 Å². The maximum absolute atomic E-state index is 4.90. The quantitative estimate of drug-likeness (QED) is 0.197. The molecule has 230 valence electrons. The molecule has 46 heavy (non-hydrogen) atoms. The standard InChI is InChI=1S/C42H42N4/c1-27-20-28(2)22-33(21-27)40-34(29-12-16-36(43-23-29)31-14-18-38(45-25-31)41(3,4)5)10-9-11-35(40)30-13-17-37(44-24-30)32-15-19-39(46-26-32)42(6,7)8/h9-26H,1-8H3. The Hall–Kier alpha value is -4.96. The normalized spacial score (nSPS) is 11.9. The Morgan fingerprint density at radius 2 is 0.826 bits per heavy atom. The third kappa shape index (κ3) is 6.53. The van der Waals surface area contributed by atoms with Gasteiger partial charge in [-0.1, -0.05) is 101 Å². The van der Waals surface area contributed by atoms with Gasteiger partial charge >= 0.3 is 0 Å². The highest BCUT2D eigenvalue weighted by Crippen LogP contribution is 2.41. The zero-order valence-corrected chi connectivity index (χ0v) is 28.2. The molecule has 0 aliphatic carbocycles. The van der Waals surface area contributed by atoms with Crippen molar-refractivity contribution in [2.75, 3.05) is 0 Å². The smallest absolute Gasteiger partial charge is 0.0717 e. The Bertz CT molecular complexity index is 1830. The number of hydrogen-bond donors (Lipinski definition) is 0. The van der Waals surface area contributed by atoms with Gasteiger partial charge in [0.2, 0.25) is 0 Å². The number of pyridine rings is 4. The van der Waals surface area contributed by atoms with Crippen LogP contribution in [0, 0.1) is 13.8 Å². The van der Waals surface area contributed by atoms with Crippen molar-refractivity contribution in [2.24, 2.45) is 0 Å². The van der Waals surface area contributed by atoms with Crippen LogP contribution in [0.25, 0.3) is 55.9 Å². The van der Waals surface area contributed by atoms with Crippen molar-refractivity contribution in [1.82, 2.24) is 19.9 Å². The highest BCUT2D eigenvalue weighted by molar-refractivity contribution is 5.94. The van der Waals surface area contributed by atoms with Crippen LogP contribution >= 0.6 is 0 Å². The highest BCUT2D eigenvalue weighted by Gasteiger charge is 2.18. The van der Waals surface area contributed by atoms with E-state index in [0.29, 0.717) is 0 Å². The first-order valence-electron chi connectivity index (χ1n) is 16.0. The van der Waals surface area contributed by atoms with Gasteiger partial charge in [0.15, 0.2) is 0 Å². The van der Waals surface area contributed by atoms with Crippen molar-refractivity contribution in [3.8, 4) is 55.9 Å². The molecule has 0 aliphatic heterocycles. The second kappa shape index (κ2) is 12.1. The zero-order chi connectivity index (χ0) is 32.6. The van der Waals surface area contributed by atoms with Crippen LogP contribution in [0.15, 0.2) is 110 Å². The molecule has 4 heteroatoms. The predicted molar refractivity (Wildman–Crippen MR) is 192 cm³/mol. The van der Waals surface area contributed by atoms with Crippen LogP contribution in [-0.2, 0) is 10.8 Å². The molecule has 6 aromatic rings. The molecule has 0 atom stereocenters. The summed E-state index contributed by atoms with van der Waals surface area (Å²) in [5, 5.41) is 0. The maximum Gasteiger partial charge on any atom is 0.0717 e. The van der Waals surface area contributed by atoms with Gasteiger partial charge in [-0.25, -0.2) is 0 Å². The molecule has 4 heterocycles. The fourth-order valence-electron chi connectivity index (χ4n) is 5.89. The Balaban J connectivity index is 1.40. The molecule has 4 aromatic heterocycles. The number of aromatic nitrogens is 4. The van der Waals surface area contributed by atoms with Gasteiger partial charge in [-0.2, -0.15) is 0 Å². The maximum atomic E-state index is 4.90. The second-order valence-electron chi connectivity index (χ2n) is 14.3. The summed E-state index contributed by atoms with van der Waals surface area (Å²) < 4.78 is 0. The van der Waals surface area contributed by atoms with E-state index in [9.17, 15) is 0 Å². The van der Waals surface area contributed by atoms with Crippen molar-refractivity contribution in [3.05, 3.63) is 132 Å². The summed E-state index contributed by atoms with van der Waals surface area (Å²) >= 11 is 0. The number of nitrogens with zero attached hydrogens (tertiary/aromatic N) is 4. The first-order chi connectivity index (χ1) is 21.9. The van der Waals surface area contributed by atoms with Crippen LogP contribution in [0.3, 0.4) is 0 Å². The molecule has 0 bridgehead atoms. The molecule has 0 amide bonds. The van der Waals surface area contributed by atoms with Crippen LogP contribution < -0.4 is 0 Å². The molecule has 6 rings (SSSR count). The van der Waals surface area contributed by atoms with Crippen LogP contribution in [0.4, 0.5) is 0 Å². The number of hydrogen-bond acceptors (Lipinski definition) is 4. The molecule has 2 aromatic carbocycles. The SMILES string of the molecule is Cc1cc(C)cc(-c2c(-c3ccc(-c4ccc(C(C)(C)C)nc4)nc3)cccc2-c2ccc(-c3ccc(C(C)(C)C)nc3)nc2)c1.